The lowest BCUT2D eigenvalue weighted by Crippen LogP contribution is -2.44. The number of nitrogens with one attached hydrogen (secondary N) is 1. The van der Waals surface area contributed by atoms with Crippen molar-refractivity contribution in [1.82, 2.24) is 4.90 Å². The van der Waals surface area contributed by atoms with Crippen LogP contribution in [0.2, 0.25) is 0 Å². The van der Waals surface area contributed by atoms with Gasteiger partial charge in [0.05, 0.1) is 5.92 Å². The van der Waals surface area contributed by atoms with Gasteiger partial charge >= 0.3 is 0 Å². The van der Waals surface area contributed by atoms with E-state index in [0.29, 0.717) is 32.5 Å². The van der Waals surface area contributed by atoms with Crippen molar-refractivity contribution >= 4 is 29.1 Å². The minimum absolute atomic E-state index is 0.00680. The fourth-order valence-electron chi connectivity index (χ4n) is 4.95. The Morgan fingerprint density at radius 1 is 0.938 bits per heavy atom. The molecular formula is C26H31N3O3. The Labute approximate surface area is 189 Å². The maximum atomic E-state index is 13.1. The largest absolute Gasteiger partial charge is 0.342 e. The molecule has 0 saturated carbocycles. The number of rotatable bonds is 4. The van der Waals surface area contributed by atoms with Gasteiger partial charge in [0.2, 0.25) is 17.7 Å². The smallest absolute Gasteiger partial charge is 0.228 e. The van der Waals surface area contributed by atoms with Crippen LogP contribution in [0, 0.1) is 32.6 Å². The lowest BCUT2D eigenvalue weighted by Gasteiger charge is -2.33. The molecule has 0 spiro atoms. The highest BCUT2D eigenvalue weighted by Gasteiger charge is 2.38. The summed E-state index contributed by atoms with van der Waals surface area (Å²) in [5.41, 5.74) is 5.05. The highest BCUT2D eigenvalue weighted by Crippen LogP contribution is 2.29. The highest BCUT2D eigenvalue weighted by molar-refractivity contribution is 6.00. The number of amides is 3. The van der Waals surface area contributed by atoms with Gasteiger partial charge in [-0.3, -0.25) is 14.4 Å². The van der Waals surface area contributed by atoms with Gasteiger partial charge in [-0.2, -0.15) is 0 Å². The summed E-state index contributed by atoms with van der Waals surface area (Å²) in [6.07, 6.45) is 1.54. The van der Waals surface area contributed by atoms with Gasteiger partial charge in [0.1, 0.15) is 0 Å². The fourth-order valence-corrected chi connectivity index (χ4v) is 4.95. The summed E-state index contributed by atoms with van der Waals surface area (Å²) < 4.78 is 0. The molecule has 0 bridgehead atoms. The molecule has 0 aliphatic carbocycles. The number of anilines is 2. The van der Waals surface area contributed by atoms with Crippen LogP contribution in [-0.4, -0.2) is 42.3 Å². The Balaban J connectivity index is 1.32. The van der Waals surface area contributed by atoms with Crippen molar-refractivity contribution in [3.8, 4) is 0 Å². The van der Waals surface area contributed by atoms with Gasteiger partial charge in [0.15, 0.2) is 0 Å². The normalized spacial score (nSPS) is 19.3. The second kappa shape index (κ2) is 9.15. The van der Waals surface area contributed by atoms with E-state index >= 15 is 0 Å². The van der Waals surface area contributed by atoms with E-state index in [1.807, 2.05) is 49.1 Å². The maximum absolute atomic E-state index is 13.1. The van der Waals surface area contributed by atoms with Crippen LogP contribution in [0.1, 0.15) is 36.0 Å². The molecule has 2 aromatic carbocycles. The molecule has 32 heavy (non-hydrogen) atoms. The van der Waals surface area contributed by atoms with Crippen LogP contribution in [-0.2, 0) is 14.4 Å². The second-order valence-corrected chi connectivity index (χ2v) is 9.10. The molecule has 4 rings (SSSR count). The van der Waals surface area contributed by atoms with Crippen LogP contribution < -0.4 is 10.2 Å². The minimum atomic E-state index is -0.314. The average molecular weight is 434 g/mol. The zero-order valence-electron chi connectivity index (χ0n) is 19.1. The zero-order chi connectivity index (χ0) is 22.8. The van der Waals surface area contributed by atoms with Crippen molar-refractivity contribution in [2.45, 2.75) is 40.0 Å². The van der Waals surface area contributed by atoms with Gasteiger partial charge in [0, 0.05) is 43.3 Å². The van der Waals surface area contributed by atoms with Crippen molar-refractivity contribution < 1.29 is 14.4 Å². The van der Waals surface area contributed by atoms with Crippen LogP contribution in [0.15, 0.2) is 42.5 Å². The van der Waals surface area contributed by atoms with Crippen molar-refractivity contribution in [2.24, 2.45) is 11.8 Å². The Kier molecular flexibility index (Phi) is 6.31. The molecule has 1 N–H and O–H groups in total. The first kappa shape index (κ1) is 22.1. The van der Waals surface area contributed by atoms with Crippen LogP contribution in [0.5, 0.6) is 0 Å². The summed E-state index contributed by atoms with van der Waals surface area (Å²) in [6, 6.07) is 13.6. The molecule has 6 heteroatoms. The van der Waals surface area contributed by atoms with Crippen molar-refractivity contribution in [2.75, 3.05) is 29.9 Å². The highest BCUT2D eigenvalue weighted by atomic mass is 16.2. The van der Waals surface area contributed by atoms with Crippen LogP contribution in [0.25, 0.3) is 0 Å². The molecule has 1 unspecified atom stereocenters. The summed E-state index contributed by atoms with van der Waals surface area (Å²) >= 11 is 0. The molecule has 2 heterocycles. The number of likely N-dealkylation sites (tertiary alicyclic amines) is 1. The van der Waals surface area contributed by atoms with Crippen LogP contribution in [0.3, 0.4) is 0 Å². The standard InChI is InChI=1S/C26H31N3O3/c1-17-13-18(2)24(19(3)14-17)27-25(31)20-9-11-28(12-10-20)26(32)21-15-23(30)29(16-21)22-7-5-4-6-8-22/h4-8,13-14,20-21H,9-12,15-16H2,1-3H3,(H,27,31). The van der Waals surface area contributed by atoms with Crippen LogP contribution >= 0.6 is 0 Å². The number of hydrogen-bond acceptors (Lipinski definition) is 3. The van der Waals surface area contributed by atoms with E-state index < -0.39 is 0 Å². The summed E-state index contributed by atoms with van der Waals surface area (Å²) in [7, 11) is 0. The van der Waals surface area contributed by atoms with E-state index in [0.717, 1.165) is 22.5 Å². The number of hydrogen-bond donors (Lipinski definition) is 1. The quantitative estimate of drug-likeness (QED) is 0.796. The number of carbonyl (C=O) groups is 3. The molecule has 0 radical (unpaired) electrons. The molecule has 2 aliphatic heterocycles. The molecule has 2 saturated heterocycles. The average Bonchev–Trinajstić information content (AvgIpc) is 3.18. The second-order valence-electron chi connectivity index (χ2n) is 9.10. The Bertz CT molecular complexity index is 1000. The fraction of sp³-hybridized carbons (Fsp3) is 0.423. The van der Waals surface area contributed by atoms with Gasteiger partial charge in [0.25, 0.3) is 0 Å². The maximum Gasteiger partial charge on any atom is 0.228 e. The first-order valence-electron chi connectivity index (χ1n) is 11.4. The van der Waals surface area contributed by atoms with Gasteiger partial charge in [-0.25, -0.2) is 0 Å². The Morgan fingerprint density at radius 3 is 2.19 bits per heavy atom. The summed E-state index contributed by atoms with van der Waals surface area (Å²) in [6.45, 7) is 7.61. The van der Waals surface area contributed by atoms with E-state index in [1.165, 1.54) is 5.56 Å². The molecule has 0 aromatic heterocycles. The van der Waals surface area contributed by atoms with E-state index in [-0.39, 0.29) is 36.0 Å². The van der Waals surface area contributed by atoms with Crippen molar-refractivity contribution in [1.29, 1.82) is 0 Å². The minimum Gasteiger partial charge on any atom is -0.342 e. The molecule has 2 aliphatic rings. The number of nitrogens with zero attached hydrogens (tertiary/aromatic N) is 2. The predicted molar refractivity (Wildman–Crippen MR) is 125 cm³/mol. The molecule has 3 amide bonds. The Hall–Kier alpha value is -3.15. The SMILES string of the molecule is Cc1cc(C)c(NC(=O)C2CCN(C(=O)C3CC(=O)N(c4ccccc4)C3)CC2)c(C)c1. The number of carbonyl (C=O) groups excluding carboxylic acids is 3. The van der Waals surface area contributed by atoms with E-state index in [1.54, 1.807) is 4.90 Å². The topological polar surface area (TPSA) is 69.7 Å². The molecule has 6 nitrogen and oxygen atoms in total. The molecule has 168 valence electrons. The van der Waals surface area contributed by atoms with Crippen molar-refractivity contribution in [3.05, 3.63) is 59.2 Å². The van der Waals surface area contributed by atoms with Gasteiger partial charge in [-0.1, -0.05) is 35.9 Å². The van der Waals surface area contributed by atoms with E-state index in [2.05, 4.69) is 24.4 Å². The lowest BCUT2D eigenvalue weighted by atomic mass is 9.94. The first-order chi connectivity index (χ1) is 15.3. The predicted octanol–water partition coefficient (Wildman–Crippen LogP) is 3.84. The van der Waals surface area contributed by atoms with Gasteiger partial charge in [-0.15, -0.1) is 0 Å². The number of benzene rings is 2. The third kappa shape index (κ3) is 4.54. The van der Waals surface area contributed by atoms with Crippen molar-refractivity contribution in [3.63, 3.8) is 0 Å². The molecule has 2 fully saturated rings. The molecular weight excluding hydrogens is 402 g/mol. The number of para-hydroxylation sites is 1. The third-order valence-corrected chi connectivity index (χ3v) is 6.64. The number of piperidine rings is 1. The third-order valence-electron chi connectivity index (χ3n) is 6.64. The Morgan fingerprint density at radius 2 is 1.56 bits per heavy atom. The lowest BCUT2D eigenvalue weighted by molar-refractivity contribution is -0.138. The van der Waals surface area contributed by atoms with Gasteiger partial charge in [-0.05, 0) is 56.9 Å². The summed E-state index contributed by atoms with van der Waals surface area (Å²) in [5, 5.41) is 3.11. The zero-order valence-corrected chi connectivity index (χ0v) is 19.1. The van der Waals surface area contributed by atoms with E-state index in [9.17, 15) is 14.4 Å². The monoisotopic (exact) mass is 433 g/mol. The van der Waals surface area contributed by atoms with E-state index in [4.69, 9.17) is 0 Å². The first-order valence-corrected chi connectivity index (χ1v) is 11.4. The number of aryl methyl sites for hydroxylation is 3. The molecule has 1 atom stereocenters. The van der Waals surface area contributed by atoms with Crippen LogP contribution in [0.4, 0.5) is 11.4 Å². The molecule has 2 aromatic rings. The van der Waals surface area contributed by atoms with Gasteiger partial charge < -0.3 is 15.1 Å². The summed E-state index contributed by atoms with van der Waals surface area (Å²) in [4.78, 5) is 41.9. The summed E-state index contributed by atoms with van der Waals surface area (Å²) in [5.74, 6) is -0.372.